The van der Waals surface area contributed by atoms with E-state index >= 15 is 0 Å². The lowest BCUT2D eigenvalue weighted by atomic mass is 10.0. The van der Waals surface area contributed by atoms with E-state index in [0.29, 0.717) is 22.7 Å². The fourth-order valence-corrected chi connectivity index (χ4v) is 2.85. The number of nitrogens with one attached hydrogen (secondary N) is 1. The molecule has 0 aliphatic rings. The van der Waals surface area contributed by atoms with Crippen molar-refractivity contribution in [3.8, 4) is 5.69 Å². The van der Waals surface area contributed by atoms with Gasteiger partial charge in [-0.2, -0.15) is 4.68 Å². The smallest absolute Gasteiger partial charge is 0.237 e. The molecule has 2 heterocycles. The number of aryl methyl sites for hydroxylation is 1. The molecule has 1 amide bonds. The molecule has 9 heteroatoms. The number of nitrogens with zero attached hydrogens (tertiary/aromatic N) is 5. The van der Waals surface area contributed by atoms with Gasteiger partial charge in [-0.1, -0.05) is 42.9 Å². The first-order valence-corrected chi connectivity index (χ1v) is 8.76. The van der Waals surface area contributed by atoms with Crippen molar-refractivity contribution in [3.63, 3.8) is 0 Å². The van der Waals surface area contributed by atoms with Crippen LogP contribution in [0.4, 0.5) is 5.88 Å². The van der Waals surface area contributed by atoms with Crippen LogP contribution in [-0.2, 0) is 4.79 Å². The Labute approximate surface area is 149 Å². The molecule has 0 radical (unpaired) electrons. The molecular formula is C16H18N6O2S. The lowest BCUT2D eigenvalue weighted by Gasteiger charge is -2.07. The summed E-state index contributed by atoms with van der Waals surface area (Å²) in [5.41, 5.74) is 2.80. The lowest BCUT2D eigenvalue weighted by Crippen LogP contribution is -2.14. The highest BCUT2D eigenvalue weighted by Gasteiger charge is 2.13. The summed E-state index contributed by atoms with van der Waals surface area (Å²) in [5.74, 6) is 0.725. The zero-order chi connectivity index (χ0) is 17.8. The number of thioether (sulfide) groups is 1. The predicted octanol–water partition coefficient (Wildman–Crippen LogP) is 2.81. The molecule has 0 bridgehead atoms. The Morgan fingerprint density at radius 3 is 2.72 bits per heavy atom. The number of carbonyl (C=O) groups is 1. The number of benzene rings is 1. The van der Waals surface area contributed by atoms with Crippen LogP contribution in [0.2, 0.25) is 0 Å². The van der Waals surface area contributed by atoms with E-state index in [1.807, 2.05) is 12.1 Å². The second-order valence-electron chi connectivity index (χ2n) is 5.79. The molecule has 130 valence electrons. The van der Waals surface area contributed by atoms with Crippen LogP contribution in [-0.4, -0.2) is 37.0 Å². The molecule has 1 N–H and O–H groups in total. The van der Waals surface area contributed by atoms with Crippen LogP contribution in [0.25, 0.3) is 5.69 Å². The standard InChI is InChI=1S/C16H18N6O2S/c1-10(2)12-4-6-13(7-5-12)22-16(18-20-21-22)25-9-14(23)17-15-8-11(3)19-24-15/h4-8,10H,9H2,1-3H3,(H,17,23). The van der Waals surface area contributed by atoms with Crippen molar-refractivity contribution < 1.29 is 9.32 Å². The van der Waals surface area contributed by atoms with E-state index in [9.17, 15) is 4.79 Å². The summed E-state index contributed by atoms with van der Waals surface area (Å²) < 4.78 is 6.57. The van der Waals surface area contributed by atoms with E-state index in [1.54, 1.807) is 17.7 Å². The molecule has 0 unspecified atom stereocenters. The first kappa shape index (κ1) is 17.2. The minimum Gasteiger partial charge on any atom is -0.338 e. The molecule has 0 atom stereocenters. The largest absolute Gasteiger partial charge is 0.338 e. The predicted molar refractivity (Wildman–Crippen MR) is 93.8 cm³/mol. The van der Waals surface area contributed by atoms with Gasteiger partial charge in [0, 0.05) is 6.07 Å². The Morgan fingerprint density at radius 1 is 1.32 bits per heavy atom. The fourth-order valence-electron chi connectivity index (χ4n) is 2.16. The van der Waals surface area contributed by atoms with Gasteiger partial charge in [-0.25, -0.2) is 0 Å². The van der Waals surface area contributed by atoms with Gasteiger partial charge in [0.25, 0.3) is 0 Å². The highest BCUT2D eigenvalue weighted by Crippen LogP contribution is 2.21. The molecule has 0 spiro atoms. The quantitative estimate of drug-likeness (QED) is 0.676. The molecule has 1 aromatic carbocycles. The molecule has 25 heavy (non-hydrogen) atoms. The molecule has 0 aliphatic heterocycles. The van der Waals surface area contributed by atoms with Gasteiger partial charge in [0.05, 0.1) is 17.1 Å². The van der Waals surface area contributed by atoms with Crippen molar-refractivity contribution in [2.45, 2.75) is 31.8 Å². The summed E-state index contributed by atoms with van der Waals surface area (Å²) in [6, 6.07) is 9.69. The number of carbonyl (C=O) groups excluding carboxylic acids is 1. The SMILES string of the molecule is Cc1cc(NC(=O)CSc2nnnn2-c2ccc(C(C)C)cc2)on1. The van der Waals surface area contributed by atoms with Crippen LogP contribution in [0, 0.1) is 6.92 Å². The van der Waals surface area contributed by atoms with Gasteiger partial charge in [-0.3, -0.25) is 10.1 Å². The van der Waals surface area contributed by atoms with E-state index in [2.05, 4.69) is 52.0 Å². The van der Waals surface area contributed by atoms with E-state index in [1.165, 1.54) is 17.3 Å². The molecule has 2 aromatic heterocycles. The van der Waals surface area contributed by atoms with Gasteiger partial charge in [-0.05, 0) is 41.0 Å². The number of hydrogen-bond donors (Lipinski definition) is 1. The second kappa shape index (κ2) is 7.47. The molecule has 0 fully saturated rings. The van der Waals surface area contributed by atoms with Gasteiger partial charge in [-0.15, -0.1) is 5.10 Å². The normalized spacial score (nSPS) is 11.0. The topological polar surface area (TPSA) is 98.7 Å². The van der Waals surface area contributed by atoms with Crippen molar-refractivity contribution in [2.75, 3.05) is 11.1 Å². The summed E-state index contributed by atoms with van der Waals surface area (Å²) in [7, 11) is 0. The number of amides is 1. The molecule has 3 aromatic rings. The van der Waals surface area contributed by atoms with Gasteiger partial charge in [0.2, 0.25) is 16.9 Å². The van der Waals surface area contributed by atoms with Gasteiger partial charge in [0.15, 0.2) is 0 Å². The van der Waals surface area contributed by atoms with Crippen LogP contribution < -0.4 is 5.32 Å². The van der Waals surface area contributed by atoms with Crippen molar-refractivity contribution >= 4 is 23.6 Å². The van der Waals surface area contributed by atoms with E-state index in [4.69, 9.17) is 4.52 Å². The van der Waals surface area contributed by atoms with Crippen LogP contribution >= 0.6 is 11.8 Å². The van der Waals surface area contributed by atoms with Crippen LogP contribution in [0.1, 0.15) is 31.0 Å². The summed E-state index contributed by atoms with van der Waals surface area (Å²) in [4.78, 5) is 12.0. The number of tetrazole rings is 1. The first-order valence-electron chi connectivity index (χ1n) is 7.77. The maximum atomic E-state index is 12.0. The number of aromatic nitrogens is 5. The first-order chi connectivity index (χ1) is 12.0. The zero-order valence-corrected chi connectivity index (χ0v) is 14.9. The molecular weight excluding hydrogens is 340 g/mol. The molecule has 0 aliphatic carbocycles. The highest BCUT2D eigenvalue weighted by molar-refractivity contribution is 7.99. The minimum atomic E-state index is -0.217. The van der Waals surface area contributed by atoms with Crippen molar-refractivity contribution in [1.82, 2.24) is 25.4 Å². The molecule has 3 rings (SSSR count). The monoisotopic (exact) mass is 358 g/mol. The van der Waals surface area contributed by atoms with Crippen molar-refractivity contribution in [1.29, 1.82) is 0 Å². The average molecular weight is 358 g/mol. The maximum Gasteiger partial charge on any atom is 0.237 e. The second-order valence-corrected chi connectivity index (χ2v) is 6.73. The third-order valence-corrected chi connectivity index (χ3v) is 4.39. The van der Waals surface area contributed by atoms with Crippen molar-refractivity contribution in [3.05, 3.63) is 41.6 Å². The Morgan fingerprint density at radius 2 is 2.08 bits per heavy atom. The van der Waals surface area contributed by atoms with Gasteiger partial charge >= 0.3 is 0 Å². The van der Waals surface area contributed by atoms with Crippen LogP contribution in [0.5, 0.6) is 0 Å². The molecule has 0 saturated carbocycles. The minimum absolute atomic E-state index is 0.157. The summed E-state index contributed by atoms with van der Waals surface area (Å²) in [6.45, 7) is 6.07. The fraction of sp³-hybridized carbons (Fsp3) is 0.312. The molecule has 8 nitrogen and oxygen atoms in total. The number of hydrogen-bond acceptors (Lipinski definition) is 7. The Balaban J connectivity index is 1.64. The maximum absolute atomic E-state index is 12.0. The van der Waals surface area contributed by atoms with Gasteiger partial charge in [0.1, 0.15) is 0 Å². The van der Waals surface area contributed by atoms with E-state index in [0.717, 1.165) is 5.69 Å². The average Bonchev–Trinajstić information content (AvgIpc) is 3.22. The van der Waals surface area contributed by atoms with E-state index in [-0.39, 0.29) is 11.7 Å². The Hall–Kier alpha value is -2.68. The third kappa shape index (κ3) is 4.24. The Kier molecular flexibility index (Phi) is 5.13. The third-order valence-electron chi connectivity index (χ3n) is 3.47. The molecule has 0 saturated heterocycles. The highest BCUT2D eigenvalue weighted by atomic mass is 32.2. The van der Waals surface area contributed by atoms with E-state index < -0.39 is 0 Å². The van der Waals surface area contributed by atoms with Gasteiger partial charge < -0.3 is 4.52 Å². The van der Waals surface area contributed by atoms with Crippen LogP contribution in [0.3, 0.4) is 0 Å². The number of anilines is 1. The summed E-state index contributed by atoms with van der Waals surface area (Å²) in [5, 5.41) is 18.6. The summed E-state index contributed by atoms with van der Waals surface area (Å²) >= 11 is 1.25. The number of rotatable bonds is 6. The summed E-state index contributed by atoms with van der Waals surface area (Å²) in [6.07, 6.45) is 0. The lowest BCUT2D eigenvalue weighted by molar-refractivity contribution is -0.113. The van der Waals surface area contributed by atoms with Crippen molar-refractivity contribution in [2.24, 2.45) is 0 Å². The Bertz CT molecular complexity index is 856. The zero-order valence-electron chi connectivity index (χ0n) is 14.1. The van der Waals surface area contributed by atoms with Crippen LogP contribution in [0.15, 0.2) is 40.0 Å².